The first-order valence-electron chi connectivity index (χ1n) is 4.89. The minimum absolute atomic E-state index is 0.341. The van der Waals surface area contributed by atoms with Crippen LogP contribution in [0.1, 0.15) is 26.2 Å². The highest BCUT2D eigenvalue weighted by Crippen LogP contribution is 2.49. The Bertz CT molecular complexity index is 308. The van der Waals surface area contributed by atoms with Gasteiger partial charge in [0.05, 0.1) is 4.75 Å². The van der Waals surface area contributed by atoms with Gasteiger partial charge in [-0.05, 0) is 25.2 Å². The van der Waals surface area contributed by atoms with Crippen molar-refractivity contribution in [2.45, 2.75) is 37.0 Å². The van der Waals surface area contributed by atoms with Crippen LogP contribution in [0.5, 0.6) is 0 Å². The Kier molecular flexibility index (Phi) is 1.97. The van der Waals surface area contributed by atoms with Gasteiger partial charge in [0.25, 0.3) is 0 Å². The van der Waals surface area contributed by atoms with E-state index in [0.717, 1.165) is 6.42 Å². The number of hydrogen-bond acceptors (Lipinski definition) is 3. The van der Waals surface area contributed by atoms with Crippen molar-refractivity contribution >= 4 is 9.84 Å². The smallest absolute Gasteiger partial charge is 0.154 e. The van der Waals surface area contributed by atoms with Gasteiger partial charge in [0.1, 0.15) is 0 Å². The molecule has 0 aromatic heterocycles. The van der Waals surface area contributed by atoms with Gasteiger partial charge in [0, 0.05) is 18.8 Å². The molecule has 13 heavy (non-hydrogen) atoms. The summed E-state index contributed by atoms with van der Waals surface area (Å²) in [5.74, 6) is 0.341. The van der Waals surface area contributed by atoms with Gasteiger partial charge in [0.15, 0.2) is 9.84 Å². The normalized spacial score (nSPS) is 39.1. The molecule has 0 aromatic carbocycles. The van der Waals surface area contributed by atoms with E-state index in [1.54, 1.807) is 0 Å². The topological polar surface area (TPSA) is 46.2 Å². The Morgan fingerprint density at radius 2 is 2.00 bits per heavy atom. The Morgan fingerprint density at radius 1 is 1.46 bits per heavy atom. The van der Waals surface area contributed by atoms with Crippen molar-refractivity contribution < 1.29 is 8.42 Å². The molecule has 2 unspecified atom stereocenters. The van der Waals surface area contributed by atoms with E-state index in [2.05, 4.69) is 5.32 Å². The summed E-state index contributed by atoms with van der Waals surface area (Å²) in [5, 5.41) is 3.32. The lowest BCUT2D eigenvalue weighted by Crippen LogP contribution is -2.37. The van der Waals surface area contributed by atoms with E-state index in [1.165, 1.54) is 19.1 Å². The molecule has 0 radical (unpaired) electrons. The molecular weight excluding hydrogens is 186 g/mol. The van der Waals surface area contributed by atoms with Crippen LogP contribution in [0.2, 0.25) is 0 Å². The zero-order valence-electron chi connectivity index (χ0n) is 8.21. The van der Waals surface area contributed by atoms with Crippen LogP contribution in [0, 0.1) is 5.92 Å². The predicted octanol–water partition coefficient (Wildman–Crippen LogP) is 0.562. The fraction of sp³-hybridized carbons (Fsp3) is 1.00. The first-order valence-corrected chi connectivity index (χ1v) is 6.78. The molecule has 4 heteroatoms. The third kappa shape index (κ3) is 1.62. The third-order valence-corrected chi connectivity index (χ3v) is 5.59. The molecule has 2 fully saturated rings. The lowest BCUT2D eigenvalue weighted by atomic mass is 10.3. The zero-order chi connectivity index (χ0) is 9.69. The lowest BCUT2D eigenvalue weighted by molar-refractivity contribution is 0.554. The minimum Gasteiger partial charge on any atom is -0.312 e. The Balaban J connectivity index is 2.00. The molecule has 0 aliphatic heterocycles. The Morgan fingerprint density at radius 3 is 2.31 bits per heavy atom. The number of sulfone groups is 1. The zero-order valence-corrected chi connectivity index (χ0v) is 9.02. The molecule has 0 aromatic rings. The van der Waals surface area contributed by atoms with Gasteiger partial charge in [0.2, 0.25) is 0 Å². The van der Waals surface area contributed by atoms with Crippen LogP contribution in [0.15, 0.2) is 0 Å². The fourth-order valence-electron chi connectivity index (χ4n) is 1.96. The monoisotopic (exact) mass is 203 g/mol. The quantitative estimate of drug-likeness (QED) is 0.726. The molecular formula is C9H17NO2S. The highest BCUT2D eigenvalue weighted by Gasteiger charge is 2.59. The summed E-state index contributed by atoms with van der Waals surface area (Å²) in [4.78, 5) is 0. The van der Waals surface area contributed by atoms with Crippen LogP contribution in [0.3, 0.4) is 0 Å². The molecule has 2 saturated carbocycles. The highest BCUT2D eigenvalue weighted by atomic mass is 32.2. The van der Waals surface area contributed by atoms with Crippen molar-refractivity contribution in [1.29, 1.82) is 0 Å². The summed E-state index contributed by atoms with van der Waals surface area (Å²) in [7, 11) is -2.87. The molecule has 0 bridgehead atoms. The van der Waals surface area contributed by atoms with Crippen molar-refractivity contribution in [3.05, 3.63) is 0 Å². The second kappa shape index (κ2) is 2.70. The van der Waals surface area contributed by atoms with Gasteiger partial charge >= 0.3 is 0 Å². The van der Waals surface area contributed by atoms with E-state index in [-0.39, 0.29) is 0 Å². The summed E-state index contributed by atoms with van der Waals surface area (Å²) in [6, 6.07) is 0.603. The Hall–Kier alpha value is -0.0900. The van der Waals surface area contributed by atoms with Crippen LogP contribution in [-0.2, 0) is 9.84 Å². The van der Waals surface area contributed by atoms with E-state index < -0.39 is 14.6 Å². The lowest BCUT2D eigenvalue weighted by Gasteiger charge is -2.14. The molecule has 0 heterocycles. The van der Waals surface area contributed by atoms with Gasteiger partial charge in [-0.1, -0.05) is 6.92 Å². The van der Waals surface area contributed by atoms with Gasteiger partial charge in [-0.3, -0.25) is 0 Å². The SMILES string of the molecule is CC1CC1(CNC1CC1)S(C)(=O)=O. The van der Waals surface area contributed by atoms with Crippen molar-refractivity contribution in [1.82, 2.24) is 5.32 Å². The van der Waals surface area contributed by atoms with E-state index >= 15 is 0 Å². The molecule has 2 atom stereocenters. The number of nitrogens with one attached hydrogen (secondary N) is 1. The van der Waals surface area contributed by atoms with Crippen LogP contribution in [-0.4, -0.2) is 32.0 Å². The maximum Gasteiger partial charge on any atom is 0.154 e. The number of hydrogen-bond donors (Lipinski definition) is 1. The molecule has 0 saturated heterocycles. The van der Waals surface area contributed by atoms with Gasteiger partial charge < -0.3 is 5.32 Å². The largest absolute Gasteiger partial charge is 0.312 e. The van der Waals surface area contributed by atoms with Crippen LogP contribution >= 0.6 is 0 Å². The first-order chi connectivity index (χ1) is 5.96. The molecule has 3 nitrogen and oxygen atoms in total. The van der Waals surface area contributed by atoms with Crippen LogP contribution < -0.4 is 5.32 Å². The Labute approximate surface area is 79.8 Å². The standard InChI is InChI=1S/C9H17NO2S/c1-7-5-9(7,13(2,11)12)6-10-8-3-4-8/h7-8,10H,3-6H2,1-2H3. The second-order valence-electron chi connectivity index (χ2n) is 4.60. The maximum atomic E-state index is 11.5. The third-order valence-electron chi connectivity index (χ3n) is 3.40. The predicted molar refractivity (Wildman–Crippen MR) is 52.4 cm³/mol. The first kappa shape index (κ1) is 9.46. The maximum absolute atomic E-state index is 11.5. The molecule has 2 rings (SSSR count). The minimum atomic E-state index is -2.87. The van der Waals surface area contributed by atoms with Crippen LogP contribution in [0.4, 0.5) is 0 Å². The van der Waals surface area contributed by atoms with E-state index in [9.17, 15) is 8.42 Å². The second-order valence-corrected chi connectivity index (χ2v) is 6.95. The summed E-state index contributed by atoms with van der Waals surface area (Å²) in [6.45, 7) is 2.69. The van der Waals surface area contributed by atoms with Gasteiger partial charge in [-0.15, -0.1) is 0 Å². The van der Waals surface area contributed by atoms with Crippen molar-refractivity contribution in [2.24, 2.45) is 5.92 Å². The molecule has 1 N–H and O–H groups in total. The average molecular weight is 203 g/mol. The van der Waals surface area contributed by atoms with E-state index in [4.69, 9.17) is 0 Å². The van der Waals surface area contributed by atoms with Crippen molar-refractivity contribution in [3.8, 4) is 0 Å². The van der Waals surface area contributed by atoms with E-state index in [1.807, 2.05) is 6.92 Å². The van der Waals surface area contributed by atoms with Crippen molar-refractivity contribution in [3.63, 3.8) is 0 Å². The summed E-state index contributed by atoms with van der Waals surface area (Å²) >= 11 is 0. The molecule has 2 aliphatic carbocycles. The summed E-state index contributed by atoms with van der Waals surface area (Å²) in [5.41, 5.74) is 0. The molecule has 0 spiro atoms. The van der Waals surface area contributed by atoms with Gasteiger partial charge in [-0.2, -0.15) is 0 Å². The molecule has 2 aliphatic rings. The average Bonchev–Trinajstić information content (AvgIpc) is 2.78. The van der Waals surface area contributed by atoms with Crippen molar-refractivity contribution in [2.75, 3.05) is 12.8 Å². The molecule has 76 valence electrons. The van der Waals surface area contributed by atoms with E-state index in [0.29, 0.717) is 18.5 Å². The van der Waals surface area contributed by atoms with Crippen LogP contribution in [0.25, 0.3) is 0 Å². The summed E-state index contributed by atoms with van der Waals surface area (Å²) < 4.78 is 22.6. The fourth-order valence-corrected chi connectivity index (χ4v) is 3.59. The van der Waals surface area contributed by atoms with Gasteiger partial charge in [-0.25, -0.2) is 8.42 Å². The number of rotatable bonds is 4. The highest BCUT2D eigenvalue weighted by molar-refractivity contribution is 7.92. The molecule has 0 amide bonds. The summed E-state index contributed by atoms with van der Waals surface area (Å²) in [6.07, 6.45) is 4.64.